The van der Waals surface area contributed by atoms with Gasteiger partial charge >= 0.3 is 0 Å². The summed E-state index contributed by atoms with van der Waals surface area (Å²) in [5.41, 5.74) is 1.59. The summed E-state index contributed by atoms with van der Waals surface area (Å²) in [6, 6.07) is 0. The van der Waals surface area contributed by atoms with E-state index in [1.54, 1.807) is 5.51 Å². The number of carbonyl (C=O) groups is 1. The van der Waals surface area contributed by atoms with Gasteiger partial charge in [0.2, 0.25) is 0 Å². The van der Waals surface area contributed by atoms with Gasteiger partial charge in [-0.05, 0) is 0 Å². The normalized spacial score (nSPS) is 9.12. The van der Waals surface area contributed by atoms with Gasteiger partial charge in [0.15, 0.2) is 6.29 Å². The fourth-order valence-electron chi connectivity index (χ4n) is 0.330. The Balaban J connectivity index is 3.09. The van der Waals surface area contributed by atoms with Crippen molar-refractivity contribution in [3.05, 3.63) is 10.4 Å². The molecule has 0 fully saturated rings. The Kier molecular flexibility index (Phi) is 1.65. The van der Waals surface area contributed by atoms with Crippen LogP contribution in [0.4, 0.5) is 0 Å². The highest BCUT2D eigenvalue weighted by Gasteiger charge is 1.96. The molecule has 0 unspecified atom stereocenters. The van der Waals surface area contributed by atoms with Crippen LogP contribution in [-0.4, -0.2) is 11.3 Å². The van der Waals surface area contributed by atoms with Crippen LogP contribution in [0.5, 0.6) is 0 Å². The smallest absolute Gasteiger partial charge is 0.162 e. The Morgan fingerprint density at radius 2 is 2.62 bits per heavy atom. The Morgan fingerprint density at radius 1 is 1.88 bits per heavy atom. The minimum absolute atomic E-state index is 0.519. The molecular formula is C4H3NOS2. The van der Waals surface area contributed by atoms with Crippen LogP contribution in [0.2, 0.25) is 0 Å². The van der Waals surface area contributed by atoms with Crippen LogP contribution in [0.15, 0.2) is 10.5 Å². The van der Waals surface area contributed by atoms with Crippen LogP contribution < -0.4 is 0 Å². The molecule has 42 valence electrons. The molecule has 0 spiro atoms. The molecule has 0 radical (unpaired) electrons. The van der Waals surface area contributed by atoms with Crippen molar-refractivity contribution in [3.63, 3.8) is 0 Å². The van der Waals surface area contributed by atoms with Crippen molar-refractivity contribution in [2.24, 2.45) is 0 Å². The van der Waals surface area contributed by atoms with E-state index in [1.165, 1.54) is 11.3 Å². The molecular weight excluding hydrogens is 142 g/mol. The fourth-order valence-corrected chi connectivity index (χ4v) is 1.16. The van der Waals surface area contributed by atoms with E-state index < -0.39 is 0 Å². The average Bonchev–Trinajstić information content (AvgIpc) is 2.14. The summed E-state index contributed by atoms with van der Waals surface area (Å²) in [5, 5.41) is 0.519. The van der Waals surface area contributed by atoms with Gasteiger partial charge in [0.05, 0.1) is 5.51 Å². The van der Waals surface area contributed by atoms with Crippen molar-refractivity contribution in [1.82, 2.24) is 4.98 Å². The summed E-state index contributed by atoms with van der Waals surface area (Å²) in [6.07, 6.45) is 0.750. The van der Waals surface area contributed by atoms with Gasteiger partial charge in [0, 0.05) is 0 Å². The number of nitrogens with zero attached hydrogens (tertiary/aromatic N) is 1. The van der Waals surface area contributed by atoms with Crippen LogP contribution in [0, 0.1) is 0 Å². The van der Waals surface area contributed by atoms with Gasteiger partial charge in [-0.3, -0.25) is 4.79 Å². The predicted octanol–water partition coefficient (Wildman–Crippen LogP) is 1.24. The van der Waals surface area contributed by atoms with E-state index in [0.29, 0.717) is 9.90 Å². The zero-order valence-electron chi connectivity index (χ0n) is 3.87. The van der Waals surface area contributed by atoms with E-state index in [-0.39, 0.29) is 0 Å². The van der Waals surface area contributed by atoms with Gasteiger partial charge in [-0.15, -0.1) is 24.0 Å². The summed E-state index contributed by atoms with van der Waals surface area (Å²) in [7, 11) is 0. The molecule has 8 heavy (non-hydrogen) atoms. The molecule has 0 aromatic carbocycles. The molecule has 2 nitrogen and oxygen atoms in total. The lowest BCUT2D eigenvalue weighted by Crippen LogP contribution is -1.71. The maximum absolute atomic E-state index is 10.0. The van der Waals surface area contributed by atoms with E-state index in [1.807, 2.05) is 0 Å². The number of rotatable bonds is 1. The van der Waals surface area contributed by atoms with Crippen LogP contribution in [0.25, 0.3) is 0 Å². The molecule has 0 amide bonds. The van der Waals surface area contributed by atoms with Gasteiger partial charge in [-0.2, -0.15) is 0 Å². The lowest BCUT2D eigenvalue weighted by Gasteiger charge is -1.76. The number of thiol groups is 1. The Bertz CT molecular complexity index is 196. The van der Waals surface area contributed by atoms with Crippen molar-refractivity contribution in [2.45, 2.75) is 5.03 Å². The molecule has 1 aromatic heterocycles. The number of aromatic nitrogens is 1. The van der Waals surface area contributed by atoms with Crippen molar-refractivity contribution >= 4 is 30.3 Å². The van der Waals surface area contributed by atoms with Crippen LogP contribution in [0.1, 0.15) is 9.67 Å². The SMILES string of the molecule is O=Cc1scnc1S. The molecule has 1 heterocycles. The highest BCUT2D eigenvalue weighted by Crippen LogP contribution is 2.12. The summed E-state index contributed by atoms with van der Waals surface area (Å²) in [5.74, 6) is 0. The maximum Gasteiger partial charge on any atom is 0.162 e. The largest absolute Gasteiger partial charge is 0.297 e. The van der Waals surface area contributed by atoms with Crippen LogP contribution in [0.3, 0.4) is 0 Å². The highest BCUT2D eigenvalue weighted by molar-refractivity contribution is 7.80. The molecule has 0 saturated carbocycles. The predicted molar refractivity (Wildman–Crippen MR) is 34.8 cm³/mol. The third kappa shape index (κ3) is 0.900. The van der Waals surface area contributed by atoms with Crippen molar-refractivity contribution in [3.8, 4) is 0 Å². The molecule has 1 aromatic rings. The minimum Gasteiger partial charge on any atom is -0.297 e. The molecule has 1 rings (SSSR count). The minimum atomic E-state index is 0.519. The number of thiazole rings is 1. The third-order valence-corrected chi connectivity index (χ3v) is 1.94. The standard InChI is InChI=1S/C4H3NOS2/c6-1-3-4(7)5-2-8-3/h1-2,7H. The lowest BCUT2D eigenvalue weighted by molar-refractivity contribution is 0.112. The first-order valence-electron chi connectivity index (χ1n) is 1.92. The second-order valence-electron chi connectivity index (χ2n) is 1.16. The van der Waals surface area contributed by atoms with E-state index in [9.17, 15) is 4.79 Å². The Labute approximate surface area is 56.0 Å². The van der Waals surface area contributed by atoms with E-state index in [0.717, 1.165) is 6.29 Å². The van der Waals surface area contributed by atoms with Gasteiger partial charge in [0.25, 0.3) is 0 Å². The zero-order valence-corrected chi connectivity index (χ0v) is 5.58. The van der Waals surface area contributed by atoms with E-state index in [2.05, 4.69) is 17.6 Å². The summed E-state index contributed by atoms with van der Waals surface area (Å²) < 4.78 is 0. The monoisotopic (exact) mass is 145 g/mol. The maximum atomic E-state index is 10.0. The first-order chi connectivity index (χ1) is 3.84. The molecule has 4 heteroatoms. The van der Waals surface area contributed by atoms with Gasteiger partial charge in [-0.25, -0.2) is 4.98 Å². The summed E-state index contributed by atoms with van der Waals surface area (Å²) >= 11 is 5.19. The Morgan fingerprint density at radius 3 is 2.88 bits per heavy atom. The second kappa shape index (κ2) is 2.28. The summed E-state index contributed by atoms with van der Waals surface area (Å²) in [4.78, 5) is 14.3. The Hall–Kier alpha value is -0.350. The van der Waals surface area contributed by atoms with Crippen molar-refractivity contribution < 1.29 is 4.79 Å². The molecule has 0 saturated heterocycles. The highest BCUT2D eigenvalue weighted by atomic mass is 32.1. The fraction of sp³-hybridized carbons (Fsp3) is 0. The van der Waals surface area contributed by atoms with Crippen LogP contribution in [-0.2, 0) is 0 Å². The van der Waals surface area contributed by atoms with Gasteiger partial charge in [0.1, 0.15) is 9.90 Å². The average molecular weight is 145 g/mol. The molecule has 0 N–H and O–H groups in total. The van der Waals surface area contributed by atoms with Gasteiger partial charge in [-0.1, -0.05) is 0 Å². The first kappa shape index (κ1) is 5.78. The molecule has 0 aliphatic heterocycles. The van der Waals surface area contributed by atoms with Gasteiger partial charge < -0.3 is 0 Å². The quantitative estimate of drug-likeness (QED) is 0.476. The number of aldehydes is 1. The topological polar surface area (TPSA) is 30.0 Å². The molecule has 0 aliphatic rings. The first-order valence-corrected chi connectivity index (χ1v) is 3.25. The number of hydrogen-bond acceptors (Lipinski definition) is 4. The van der Waals surface area contributed by atoms with E-state index in [4.69, 9.17) is 0 Å². The van der Waals surface area contributed by atoms with Crippen LogP contribution >= 0.6 is 24.0 Å². The molecule has 0 aliphatic carbocycles. The number of hydrogen-bond donors (Lipinski definition) is 1. The number of carbonyl (C=O) groups excluding carboxylic acids is 1. The zero-order chi connectivity index (χ0) is 5.98. The van der Waals surface area contributed by atoms with Crippen molar-refractivity contribution in [2.75, 3.05) is 0 Å². The molecule has 0 atom stereocenters. The van der Waals surface area contributed by atoms with Crippen molar-refractivity contribution in [1.29, 1.82) is 0 Å². The molecule has 0 bridgehead atoms. The lowest BCUT2D eigenvalue weighted by atomic mass is 10.6. The van der Waals surface area contributed by atoms with E-state index >= 15 is 0 Å². The summed E-state index contributed by atoms with van der Waals surface area (Å²) in [6.45, 7) is 0. The third-order valence-electron chi connectivity index (χ3n) is 0.682. The second-order valence-corrected chi connectivity index (χ2v) is 2.47.